The molecule has 0 radical (unpaired) electrons. The first-order chi connectivity index (χ1) is 12.8. The van der Waals surface area contributed by atoms with E-state index in [-0.39, 0.29) is 11.7 Å². The lowest BCUT2D eigenvalue weighted by Crippen LogP contribution is -2.43. The Morgan fingerprint density at radius 1 is 1.19 bits per heavy atom. The number of carbonyl (C=O) groups excluding carboxylic acids is 1. The molecule has 0 saturated carbocycles. The highest BCUT2D eigenvalue weighted by Crippen LogP contribution is 2.31. The van der Waals surface area contributed by atoms with E-state index in [1.807, 2.05) is 31.1 Å². The van der Waals surface area contributed by atoms with Crippen molar-refractivity contribution in [2.45, 2.75) is 12.0 Å². The molecule has 2 aromatic carbocycles. The molecule has 1 atom stereocenters. The molecular formula is C21H26N2O4. The molecular weight excluding hydrogens is 344 g/mol. The van der Waals surface area contributed by atoms with Crippen LogP contribution in [0.25, 0.3) is 11.1 Å². The molecule has 1 heterocycles. The number of phenols is 1. The van der Waals surface area contributed by atoms with Crippen LogP contribution in [0.15, 0.2) is 42.5 Å². The smallest absolute Gasteiger partial charge is 0.253 e. The van der Waals surface area contributed by atoms with Crippen LogP contribution in [0.1, 0.15) is 16.8 Å². The van der Waals surface area contributed by atoms with Gasteiger partial charge in [-0.05, 0) is 55.9 Å². The summed E-state index contributed by atoms with van der Waals surface area (Å²) in [6.45, 7) is 1.44. The van der Waals surface area contributed by atoms with Crippen LogP contribution in [-0.4, -0.2) is 72.4 Å². The van der Waals surface area contributed by atoms with Crippen molar-refractivity contribution in [3.05, 3.63) is 48.0 Å². The van der Waals surface area contributed by atoms with Gasteiger partial charge in [0.25, 0.3) is 5.91 Å². The van der Waals surface area contributed by atoms with Crippen LogP contribution < -0.4 is 4.74 Å². The number of amides is 1. The average Bonchev–Trinajstić information content (AvgIpc) is 3.02. The van der Waals surface area contributed by atoms with Crippen molar-refractivity contribution in [1.29, 1.82) is 0 Å². The molecule has 6 heteroatoms. The van der Waals surface area contributed by atoms with E-state index < -0.39 is 5.60 Å². The SMILES string of the molecule is COc1cc(-c2ccc(C(=O)N3CC[C@](O)(CN(C)C)C3)cc2)ccc1O. The Morgan fingerprint density at radius 3 is 2.48 bits per heavy atom. The Morgan fingerprint density at radius 2 is 1.85 bits per heavy atom. The number of benzene rings is 2. The van der Waals surface area contributed by atoms with Gasteiger partial charge in [-0.15, -0.1) is 0 Å². The van der Waals surface area contributed by atoms with E-state index in [0.717, 1.165) is 11.1 Å². The quantitative estimate of drug-likeness (QED) is 0.844. The maximum absolute atomic E-state index is 12.8. The van der Waals surface area contributed by atoms with E-state index in [1.54, 1.807) is 35.2 Å². The summed E-state index contributed by atoms with van der Waals surface area (Å²) in [5, 5.41) is 20.3. The number of hydrogen-bond donors (Lipinski definition) is 2. The van der Waals surface area contributed by atoms with Crippen molar-refractivity contribution in [3.8, 4) is 22.6 Å². The fourth-order valence-corrected chi connectivity index (χ4v) is 3.59. The molecule has 0 unspecified atom stereocenters. The van der Waals surface area contributed by atoms with Gasteiger partial charge in [0.2, 0.25) is 0 Å². The van der Waals surface area contributed by atoms with Crippen LogP contribution in [0, 0.1) is 0 Å². The number of methoxy groups -OCH3 is 1. The number of nitrogens with zero attached hydrogens (tertiary/aromatic N) is 2. The van der Waals surface area contributed by atoms with Gasteiger partial charge in [0, 0.05) is 18.7 Å². The van der Waals surface area contributed by atoms with Gasteiger partial charge in [0.15, 0.2) is 11.5 Å². The van der Waals surface area contributed by atoms with Crippen LogP contribution in [0.2, 0.25) is 0 Å². The maximum Gasteiger partial charge on any atom is 0.253 e. The van der Waals surface area contributed by atoms with Gasteiger partial charge in [-0.2, -0.15) is 0 Å². The molecule has 1 aliphatic heterocycles. The number of rotatable bonds is 5. The Kier molecular flexibility index (Phi) is 5.39. The Labute approximate surface area is 159 Å². The zero-order chi connectivity index (χ0) is 19.6. The van der Waals surface area contributed by atoms with Crippen LogP contribution in [-0.2, 0) is 0 Å². The minimum absolute atomic E-state index is 0.0699. The highest BCUT2D eigenvalue weighted by molar-refractivity contribution is 5.95. The molecule has 3 rings (SSSR count). The third-order valence-corrected chi connectivity index (χ3v) is 4.87. The number of aromatic hydroxyl groups is 1. The highest BCUT2D eigenvalue weighted by atomic mass is 16.5. The molecule has 144 valence electrons. The molecule has 6 nitrogen and oxygen atoms in total. The first-order valence-corrected chi connectivity index (χ1v) is 8.95. The minimum atomic E-state index is -0.846. The number of ether oxygens (including phenoxy) is 1. The first kappa shape index (κ1) is 19.2. The van der Waals surface area contributed by atoms with Crippen molar-refractivity contribution in [3.63, 3.8) is 0 Å². The molecule has 1 fully saturated rings. The normalized spacial score (nSPS) is 19.5. The van der Waals surface area contributed by atoms with Gasteiger partial charge in [-0.25, -0.2) is 0 Å². The Balaban J connectivity index is 1.73. The van der Waals surface area contributed by atoms with Crippen molar-refractivity contribution in [1.82, 2.24) is 9.80 Å². The lowest BCUT2D eigenvalue weighted by atomic mass is 10.0. The zero-order valence-electron chi connectivity index (χ0n) is 16.0. The molecule has 2 N–H and O–H groups in total. The molecule has 27 heavy (non-hydrogen) atoms. The summed E-state index contributed by atoms with van der Waals surface area (Å²) >= 11 is 0. The van der Waals surface area contributed by atoms with Crippen molar-refractivity contribution in [2.75, 3.05) is 40.8 Å². The number of β-amino-alcohol motifs (C(OH)–C–C–N with tert-alkyl or cyclic N) is 1. The third kappa shape index (κ3) is 4.23. The fraction of sp³-hybridized carbons (Fsp3) is 0.381. The van der Waals surface area contributed by atoms with Crippen LogP contribution in [0.4, 0.5) is 0 Å². The monoisotopic (exact) mass is 370 g/mol. The van der Waals surface area contributed by atoms with E-state index in [9.17, 15) is 15.0 Å². The second-order valence-electron chi connectivity index (χ2n) is 7.40. The second kappa shape index (κ2) is 7.58. The number of aliphatic hydroxyl groups is 1. The van der Waals surface area contributed by atoms with E-state index in [4.69, 9.17) is 4.74 Å². The van der Waals surface area contributed by atoms with Crippen molar-refractivity contribution >= 4 is 5.91 Å². The zero-order valence-corrected chi connectivity index (χ0v) is 16.0. The Hall–Kier alpha value is -2.57. The molecule has 0 aromatic heterocycles. The van der Waals surface area contributed by atoms with Gasteiger partial charge < -0.3 is 24.7 Å². The number of hydrogen-bond acceptors (Lipinski definition) is 5. The molecule has 1 amide bonds. The Bertz CT molecular complexity index is 819. The summed E-state index contributed by atoms with van der Waals surface area (Å²) < 4.78 is 5.15. The van der Waals surface area contributed by atoms with Gasteiger partial charge in [0.1, 0.15) is 0 Å². The predicted octanol–water partition coefficient (Wildman–Crippen LogP) is 2.21. The fourth-order valence-electron chi connectivity index (χ4n) is 3.59. The summed E-state index contributed by atoms with van der Waals surface area (Å²) in [4.78, 5) is 16.4. The molecule has 1 saturated heterocycles. The maximum atomic E-state index is 12.8. The van der Waals surface area contributed by atoms with E-state index in [0.29, 0.717) is 37.4 Å². The molecule has 1 aliphatic rings. The largest absolute Gasteiger partial charge is 0.504 e. The second-order valence-corrected chi connectivity index (χ2v) is 7.40. The van der Waals surface area contributed by atoms with Gasteiger partial charge in [-0.1, -0.05) is 18.2 Å². The van der Waals surface area contributed by atoms with Crippen LogP contribution in [0.3, 0.4) is 0 Å². The highest BCUT2D eigenvalue weighted by Gasteiger charge is 2.38. The lowest BCUT2D eigenvalue weighted by molar-refractivity contribution is 0.0236. The van der Waals surface area contributed by atoms with E-state index >= 15 is 0 Å². The summed E-state index contributed by atoms with van der Waals surface area (Å²) in [5.74, 6) is 0.428. The van der Waals surface area contributed by atoms with Gasteiger partial charge in [-0.3, -0.25) is 4.79 Å². The van der Waals surface area contributed by atoms with Gasteiger partial charge >= 0.3 is 0 Å². The molecule has 0 spiro atoms. The van der Waals surface area contributed by atoms with Crippen molar-refractivity contribution < 1.29 is 19.7 Å². The topological polar surface area (TPSA) is 73.2 Å². The summed E-state index contributed by atoms with van der Waals surface area (Å²) in [7, 11) is 5.34. The standard InChI is InChI=1S/C21H26N2O4/c1-22(2)13-21(26)10-11-23(14-21)20(25)16-6-4-15(5-7-16)17-8-9-18(24)19(12-17)27-3/h4-9,12,24,26H,10-11,13-14H2,1-3H3/t21-/m0/s1. The number of carbonyl (C=O) groups is 1. The van der Waals surface area contributed by atoms with Gasteiger partial charge in [0.05, 0.1) is 19.3 Å². The number of likely N-dealkylation sites (N-methyl/N-ethyl adjacent to an activating group) is 1. The van der Waals surface area contributed by atoms with Crippen LogP contribution >= 0.6 is 0 Å². The summed E-state index contributed by atoms with van der Waals surface area (Å²) in [6.07, 6.45) is 0.586. The number of likely N-dealkylation sites (tertiary alicyclic amines) is 1. The molecule has 2 aromatic rings. The summed E-state index contributed by atoms with van der Waals surface area (Å²) in [5.41, 5.74) is 1.57. The average molecular weight is 370 g/mol. The lowest BCUT2D eigenvalue weighted by Gasteiger charge is -2.26. The van der Waals surface area contributed by atoms with Crippen LogP contribution in [0.5, 0.6) is 11.5 Å². The third-order valence-electron chi connectivity index (χ3n) is 4.87. The van der Waals surface area contributed by atoms with E-state index in [1.165, 1.54) is 7.11 Å². The first-order valence-electron chi connectivity index (χ1n) is 8.95. The predicted molar refractivity (Wildman–Crippen MR) is 104 cm³/mol. The number of phenolic OH excluding ortho intramolecular Hbond substituents is 1. The van der Waals surface area contributed by atoms with Crippen molar-refractivity contribution in [2.24, 2.45) is 0 Å². The molecule has 0 bridgehead atoms. The summed E-state index contributed by atoms with van der Waals surface area (Å²) in [6, 6.07) is 12.5. The van der Waals surface area contributed by atoms with E-state index in [2.05, 4.69) is 0 Å². The minimum Gasteiger partial charge on any atom is -0.504 e. The molecule has 0 aliphatic carbocycles.